The van der Waals surface area contributed by atoms with E-state index >= 15 is 0 Å². The number of likely N-dealkylation sites (tertiary alicyclic amines) is 1. The van der Waals surface area contributed by atoms with Crippen molar-refractivity contribution in [1.29, 1.82) is 0 Å². The fourth-order valence-electron chi connectivity index (χ4n) is 4.76. The molecule has 2 aliphatic heterocycles. The summed E-state index contributed by atoms with van der Waals surface area (Å²) >= 11 is 0. The van der Waals surface area contributed by atoms with E-state index in [1.807, 2.05) is 30.3 Å². The maximum Gasteiger partial charge on any atom is 0.416 e. The molecule has 0 radical (unpaired) electrons. The largest absolute Gasteiger partial charge is 0.416 e. The van der Waals surface area contributed by atoms with Crippen LogP contribution in [-0.4, -0.2) is 91.1 Å². The van der Waals surface area contributed by atoms with Crippen LogP contribution >= 0.6 is 0 Å². The number of nitrogens with zero attached hydrogens (tertiary/aromatic N) is 3. The number of alkyl halides is 3. The molecule has 0 saturated carbocycles. The molecule has 4 amide bonds. The van der Waals surface area contributed by atoms with Gasteiger partial charge in [-0.15, -0.1) is 0 Å². The maximum atomic E-state index is 12.9. The number of para-hydroxylation sites is 1. The molecule has 1 atom stereocenters. The number of amides is 4. The van der Waals surface area contributed by atoms with E-state index in [0.717, 1.165) is 69.5 Å². The molecule has 0 bridgehead atoms. The molecular weight excluding hydrogens is 513 g/mol. The van der Waals surface area contributed by atoms with Crippen molar-refractivity contribution < 1.29 is 27.6 Å². The minimum atomic E-state index is -4.55. The second kappa shape index (κ2) is 12.9. The van der Waals surface area contributed by atoms with E-state index in [0.29, 0.717) is 13.1 Å². The summed E-state index contributed by atoms with van der Waals surface area (Å²) in [5, 5.41) is 8.22. The highest BCUT2D eigenvalue weighted by Crippen LogP contribution is 2.29. The van der Waals surface area contributed by atoms with Crippen LogP contribution in [0.4, 0.5) is 23.7 Å². The van der Waals surface area contributed by atoms with Crippen LogP contribution in [-0.2, 0) is 11.0 Å². The molecule has 9 nitrogen and oxygen atoms in total. The monoisotopic (exact) mass is 546 g/mol. The highest BCUT2D eigenvalue weighted by Gasteiger charge is 2.31. The summed E-state index contributed by atoms with van der Waals surface area (Å²) in [6.07, 6.45) is -3.01. The molecule has 2 fully saturated rings. The van der Waals surface area contributed by atoms with Crippen molar-refractivity contribution in [1.82, 2.24) is 25.3 Å². The Balaban J connectivity index is 1.16. The Kier molecular flexibility index (Phi) is 9.41. The summed E-state index contributed by atoms with van der Waals surface area (Å²) in [5.74, 6) is -1.14. The average molecular weight is 547 g/mol. The molecule has 2 saturated heterocycles. The molecular formula is C27H33F3N6O3. The third kappa shape index (κ3) is 8.17. The van der Waals surface area contributed by atoms with Crippen molar-refractivity contribution in [3.8, 4) is 0 Å². The first-order valence-electron chi connectivity index (χ1n) is 13.0. The van der Waals surface area contributed by atoms with Gasteiger partial charge in [0.25, 0.3) is 5.91 Å². The van der Waals surface area contributed by atoms with Gasteiger partial charge in [-0.2, -0.15) is 13.2 Å². The molecule has 12 heteroatoms. The zero-order chi connectivity index (χ0) is 27.8. The second-order valence-corrected chi connectivity index (χ2v) is 9.65. The number of carbonyl (C=O) groups excluding carboxylic acids is 3. The van der Waals surface area contributed by atoms with E-state index in [9.17, 15) is 27.6 Å². The van der Waals surface area contributed by atoms with Gasteiger partial charge in [-0.3, -0.25) is 19.4 Å². The molecule has 2 aromatic carbocycles. The maximum absolute atomic E-state index is 12.9. The Hall–Kier alpha value is -3.64. The quantitative estimate of drug-likeness (QED) is 0.473. The molecule has 2 heterocycles. The van der Waals surface area contributed by atoms with Crippen molar-refractivity contribution in [2.75, 3.05) is 57.7 Å². The average Bonchev–Trinajstić information content (AvgIpc) is 3.37. The molecule has 210 valence electrons. The number of hydrogen-bond donors (Lipinski definition) is 3. The number of piperazine rings is 1. The zero-order valence-electron chi connectivity index (χ0n) is 21.5. The molecule has 2 aliphatic rings. The van der Waals surface area contributed by atoms with Gasteiger partial charge in [-0.25, -0.2) is 4.79 Å². The predicted octanol–water partition coefficient (Wildman–Crippen LogP) is 2.82. The SMILES string of the molecule is O=C(CNC(=O)c1cccc(C(F)(F)F)c1)NC1CCCN1CCN1CCN(C(=O)Nc2ccccc2)CC1. The van der Waals surface area contributed by atoms with Crippen molar-refractivity contribution >= 4 is 23.5 Å². The minimum Gasteiger partial charge on any atom is -0.343 e. The molecule has 0 aromatic heterocycles. The summed E-state index contributed by atoms with van der Waals surface area (Å²) in [5.41, 5.74) is -0.307. The van der Waals surface area contributed by atoms with Crippen molar-refractivity contribution in [3.05, 3.63) is 65.7 Å². The van der Waals surface area contributed by atoms with E-state index in [2.05, 4.69) is 25.8 Å². The van der Waals surface area contributed by atoms with Crippen LogP contribution in [0, 0.1) is 0 Å². The van der Waals surface area contributed by atoms with Gasteiger partial charge in [0, 0.05) is 57.1 Å². The van der Waals surface area contributed by atoms with E-state index < -0.39 is 23.6 Å². The summed E-state index contributed by atoms with van der Waals surface area (Å²) < 4.78 is 38.7. The van der Waals surface area contributed by atoms with Gasteiger partial charge < -0.3 is 20.9 Å². The highest BCUT2D eigenvalue weighted by atomic mass is 19.4. The highest BCUT2D eigenvalue weighted by molar-refractivity contribution is 5.96. The lowest BCUT2D eigenvalue weighted by Crippen LogP contribution is -2.53. The normalized spacial score (nSPS) is 18.5. The van der Waals surface area contributed by atoms with E-state index in [-0.39, 0.29) is 24.3 Å². The molecule has 3 N–H and O–H groups in total. The van der Waals surface area contributed by atoms with Crippen LogP contribution in [0.25, 0.3) is 0 Å². The Bertz CT molecular complexity index is 1140. The van der Waals surface area contributed by atoms with E-state index in [4.69, 9.17) is 0 Å². The van der Waals surface area contributed by atoms with Crippen molar-refractivity contribution in [3.63, 3.8) is 0 Å². The molecule has 2 aromatic rings. The van der Waals surface area contributed by atoms with Crippen LogP contribution in [0.5, 0.6) is 0 Å². The van der Waals surface area contributed by atoms with Crippen LogP contribution in [0.15, 0.2) is 54.6 Å². The first kappa shape index (κ1) is 28.4. The van der Waals surface area contributed by atoms with Gasteiger partial charge in [0.05, 0.1) is 18.3 Å². The summed E-state index contributed by atoms with van der Waals surface area (Å²) in [4.78, 5) is 43.5. The molecule has 1 unspecified atom stereocenters. The Labute approximate surface area is 225 Å². The van der Waals surface area contributed by atoms with Crippen molar-refractivity contribution in [2.24, 2.45) is 0 Å². The Morgan fingerprint density at radius 2 is 1.64 bits per heavy atom. The van der Waals surface area contributed by atoms with Gasteiger partial charge in [0.15, 0.2) is 0 Å². The summed E-state index contributed by atoms with van der Waals surface area (Å²) in [6, 6.07) is 13.3. The Morgan fingerprint density at radius 1 is 0.897 bits per heavy atom. The van der Waals surface area contributed by atoms with Crippen LogP contribution < -0.4 is 16.0 Å². The van der Waals surface area contributed by atoms with Gasteiger partial charge in [0.1, 0.15) is 0 Å². The smallest absolute Gasteiger partial charge is 0.343 e. The third-order valence-corrected chi connectivity index (χ3v) is 6.94. The standard InChI is InChI=1S/C27H33F3N6O3/c28-27(29,30)21-7-4-6-20(18-21)25(38)31-19-24(37)33-23-10-5-11-35(23)15-12-34-13-16-36(17-14-34)26(39)32-22-8-2-1-3-9-22/h1-4,6-9,18,23H,5,10-17,19H2,(H,31,38)(H,32,39)(H,33,37). The topological polar surface area (TPSA) is 97.0 Å². The van der Waals surface area contributed by atoms with E-state index in [1.54, 1.807) is 4.90 Å². The first-order valence-corrected chi connectivity index (χ1v) is 13.0. The zero-order valence-corrected chi connectivity index (χ0v) is 21.5. The van der Waals surface area contributed by atoms with Gasteiger partial charge in [-0.05, 0) is 43.2 Å². The summed E-state index contributed by atoms with van der Waals surface area (Å²) in [7, 11) is 0. The number of carbonyl (C=O) groups is 3. The van der Waals surface area contributed by atoms with Crippen LogP contribution in [0.3, 0.4) is 0 Å². The molecule has 39 heavy (non-hydrogen) atoms. The molecule has 0 aliphatic carbocycles. The lowest BCUT2D eigenvalue weighted by molar-refractivity contribution is -0.137. The Morgan fingerprint density at radius 3 is 2.36 bits per heavy atom. The summed E-state index contributed by atoms with van der Waals surface area (Å²) in [6.45, 7) is 4.83. The minimum absolute atomic E-state index is 0.108. The fourth-order valence-corrected chi connectivity index (χ4v) is 4.76. The third-order valence-electron chi connectivity index (χ3n) is 6.94. The number of nitrogens with one attached hydrogen (secondary N) is 3. The number of urea groups is 1. The van der Waals surface area contributed by atoms with Gasteiger partial charge >= 0.3 is 12.2 Å². The number of halogens is 3. The number of benzene rings is 2. The lowest BCUT2D eigenvalue weighted by atomic mass is 10.1. The van der Waals surface area contributed by atoms with Crippen molar-refractivity contribution in [2.45, 2.75) is 25.2 Å². The lowest BCUT2D eigenvalue weighted by Gasteiger charge is -2.36. The van der Waals surface area contributed by atoms with Gasteiger partial charge in [-0.1, -0.05) is 24.3 Å². The second-order valence-electron chi connectivity index (χ2n) is 9.65. The fraction of sp³-hybridized carbons (Fsp3) is 0.444. The van der Waals surface area contributed by atoms with Crippen LogP contribution in [0.2, 0.25) is 0 Å². The first-order chi connectivity index (χ1) is 18.7. The molecule has 0 spiro atoms. The molecule has 4 rings (SSSR count). The predicted molar refractivity (Wildman–Crippen MR) is 140 cm³/mol. The number of anilines is 1. The van der Waals surface area contributed by atoms with Gasteiger partial charge in [0.2, 0.25) is 5.91 Å². The van der Waals surface area contributed by atoms with Crippen LogP contribution in [0.1, 0.15) is 28.8 Å². The van der Waals surface area contributed by atoms with E-state index in [1.165, 1.54) is 6.07 Å². The number of rotatable bonds is 8. The number of hydrogen-bond acceptors (Lipinski definition) is 5.